The summed E-state index contributed by atoms with van der Waals surface area (Å²) >= 11 is 0. The number of hydrogen-bond acceptors (Lipinski definition) is 9. The minimum atomic E-state index is -4.17. The molecule has 208 valence electrons. The predicted octanol–water partition coefficient (Wildman–Crippen LogP) is 2.99. The molecule has 1 aromatic carbocycles. The molecule has 1 saturated heterocycles. The molecule has 0 atom stereocenters. The fourth-order valence-corrected chi connectivity index (χ4v) is 5.51. The molecular formula is C25H30N6O7S. The Kier molecular flexibility index (Phi) is 7.99. The van der Waals surface area contributed by atoms with Gasteiger partial charge in [0, 0.05) is 49.7 Å². The number of non-ortho nitro benzene ring substituents is 1. The van der Waals surface area contributed by atoms with Gasteiger partial charge in [-0.2, -0.15) is 9.40 Å². The molecule has 3 heterocycles. The number of sulfonamides is 1. The van der Waals surface area contributed by atoms with Crippen molar-refractivity contribution in [1.82, 2.24) is 24.4 Å². The van der Waals surface area contributed by atoms with Crippen molar-refractivity contribution in [2.24, 2.45) is 0 Å². The maximum Gasteiger partial charge on any atom is 0.272 e. The SMILES string of the molecule is Cc1c(C(=O)NCc2cccnc2)nn(C(C)(C)C)c1Oc1ccc([N+](=O)[O-])cc1S(=O)(=O)N1CCOCC1. The number of aromatic nitrogens is 3. The zero-order valence-corrected chi connectivity index (χ0v) is 22.9. The first kappa shape index (κ1) is 28.1. The zero-order valence-electron chi connectivity index (χ0n) is 22.1. The van der Waals surface area contributed by atoms with E-state index in [0.29, 0.717) is 5.56 Å². The van der Waals surface area contributed by atoms with E-state index in [1.54, 1.807) is 25.4 Å². The summed E-state index contributed by atoms with van der Waals surface area (Å²) in [7, 11) is -4.17. The van der Waals surface area contributed by atoms with Crippen LogP contribution in [0.15, 0.2) is 47.6 Å². The Labute approximate surface area is 225 Å². The molecule has 0 radical (unpaired) electrons. The third-order valence-electron chi connectivity index (χ3n) is 6.03. The Hall–Kier alpha value is -3.88. The van der Waals surface area contributed by atoms with Crippen LogP contribution in [-0.2, 0) is 26.8 Å². The van der Waals surface area contributed by atoms with Gasteiger partial charge in [0.15, 0.2) is 5.69 Å². The van der Waals surface area contributed by atoms with Crippen molar-refractivity contribution in [2.75, 3.05) is 26.3 Å². The summed E-state index contributed by atoms with van der Waals surface area (Å²) in [4.78, 5) is 27.6. The number of nitro groups is 1. The third kappa shape index (κ3) is 6.08. The fraction of sp³-hybridized carbons (Fsp3) is 0.400. The molecule has 14 heteroatoms. The Morgan fingerprint density at radius 1 is 1.23 bits per heavy atom. The van der Waals surface area contributed by atoms with Gasteiger partial charge in [0.25, 0.3) is 11.6 Å². The largest absolute Gasteiger partial charge is 0.438 e. The molecule has 0 aliphatic carbocycles. The van der Waals surface area contributed by atoms with E-state index >= 15 is 0 Å². The summed E-state index contributed by atoms with van der Waals surface area (Å²) in [5.41, 5.74) is 0.223. The van der Waals surface area contributed by atoms with Crippen LogP contribution in [0.5, 0.6) is 11.6 Å². The smallest absolute Gasteiger partial charge is 0.272 e. The molecule has 1 fully saturated rings. The van der Waals surface area contributed by atoms with Crippen molar-refractivity contribution < 1.29 is 27.6 Å². The Bertz CT molecular complexity index is 1480. The molecule has 4 rings (SSSR count). The molecule has 1 aliphatic rings. The summed E-state index contributed by atoms with van der Waals surface area (Å²) in [5, 5.41) is 18.8. The molecule has 0 bridgehead atoms. The Morgan fingerprint density at radius 3 is 2.56 bits per heavy atom. The van der Waals surface area contributed by atoms with Crippen LogP contribution in [0.25, 0.3) is 0 Å². The zero-order chi connectivity index (χ0) is 28.4. The molecule has 1 aliphatic heterocycles. The summed E-state index contributed by atoms with van der Waals surface area (Å²) in [6, 6.07) is 6.98. The maximum absolute atomic E-state index is 13.5. The van der Waals surface area contributed by atoms with Crippen LogP contribution in [0.1, 0.15) is 42.4 Å². The second kappa shape index (κ2) is 11.1. The number of benzene rings is 1. The van der Waals surface area contributed by atoms with Gasteiger partial charge >= 0.3 is 0 Å². The molecule has 1 amide bonds. The van der Waals surface area contributed by atoms with Crippen LogP contribution in [0.3, 0.4) is 0 Å². The van der Waals surface area contributed by atoms with Crippen molar-refractivity contribution in [3.8, 4) is 11.6 Å². The Balaban J connectivity index is 1.74. The molecule has 0 unspecified atom stereocenters. The number of nitrogens with zero attached hydrogens (tertiary/aromatic N) is 5. The lowest BCUT2D eigenvalue weighted by molar-refractivity contribution is -0.385. The monoisotopic (exact) mass is 558 g/mol. The van der Waals surface area contributed by atoms with Gasteiger partial charge in [-0.05, 0) is 45.4 Å². The molecule has 13 nitrogen and oxygen atoms in total. The number of nitro benzene ring substituents is 1. The standard InChI is InChI=1S/C25H30N6O7S/c1-17-22(23(32)27-16-18-6-5-9-26-15-18)28-30(25(2,3)4)24(17)38-20-8-7-19(31(33)34)14-21(20)39(35,36)29-10-12-37-13-11-29/h5-9,14-15H,10-13,16H2,1-4H3,(H,27,32). The maximum atomic E-state index is 13.5. The van der Waals surface area contributed by atoms with E-state index in [2.05, 4.69) is 15.4 Å². The molecule has 0 saturated carbocycles. The van der Waals surface area contributed by atoms with Gasteiger partial charge < -0.3 is 14.8 Å². The van der Waals surface area contributed by atoms with Crippen molar-refractivity contribution >= 4 is 21.6 Å². The molecule has 0 spiro atoms. The minimum absolute atomic E-state index is 0.100. The third-order valence-corrected chi connectivity index (χ3v) is 7.95. The van der Waals surface area contributed by atoms with E-state index in [1.165, 1.54) is 21.1 Å². The lowest BCUT2D eigenvalue weighted by Gasteiger charge is -2.27. The number of morpholine rings is 1. The fourth-order valence-electron chi connectivity index (χ4n) is 3.97. The van der Waals surface area contributed by atoms with Crippen molar-refractivity contribution in [2.45, 2.75) is 44.7 Å². The van der Waals surface area contributed by atoms with E-state index < -0.39 is 32.1 Å². The topological polar surface area (TPSA) is 159 Å². The highest BCUT2D eigenvalue weighted by Crippen LogP contribution is 2.37. The molecule has 1 N–H and O–H groups in total. The lowest BCUT2D eigenvalue weighted by atomic mass is 10.1. The lowest BCUT2D eigenvalue weighted by Crippen LogP contribution is -2.40. The van der Waals surface area contributed by atoms with Gasteiger partial charge in [-0.3, -0.25) is 19.9 Å². The van der Waals surface area contributed by atoms with Gasteiger partial charge in [-0.25, -0.2) is 13.1 Å². The van der Waals surface area contributed by atoms with Crippen LogP contribution in [0.2, 0.25) is 0 Å². The van der Waals surface area contributed by atoms with Crippen LogP contribution in [0.4, 0.5) is 5.69 Å². The van der Waals surface area contributed by atoms with Gasteiger partial charge in [0.1, 0.15) is 10.6 Å². The number of carbonyl (C=O) groups excluding carboxylic acids is 1. The molecule has 2 aromatic heterocycles. The van der Waals surface area contributed by atoms with Crippen LogP contribution in [-0.4, -0.2) is 64.6 Å². The summed E-state index contributed by atoms with van der Waals surface area (Å²) in [6.07, 6.45) is 3.27. The Morgan fingerprint density at radius 2 is 1.95 bits per heavy atom. The number of pyridine rings is 1. The first-order valence-electron chi connectivity index (χ1n) is 12.2. The number of hydrogen-bond donors (Lipinski definition) is 1. The first-order chi connectivity index (χ1) is 18.4. The highest BCUT2D eigenvalue weighted by atomic mass is 32.2. The summed E-state index contributed by atoms with van der Waals surface area (Å²) in [5.74, 6) is -0.432. The highest BCUT2D eigenvalue weighted by Gasteiger charge is 2.33. The van der Waals surface area contributed by atoms with Crippen LogP contribution in [0, 0.1) is 17.0 Å². The van der Waals surface area contributed by atoms with E-state index in [4.69, 9.17) is 9.47 Å². The minimum Gasteiger partial charge on any atom is -0.438 e. The van der Waals surface area contributed by atoms with Crippen LogP contribution < -0.4 is 10.1 Å². The average Bonchev–Trinajstić information content (AvgIpc) is 3.24. The average molecular weight is 559 g/mol. The quantitative estimate of drug-likeness (QED) is 0.324. The van der Waals surface area contributed by atoms with Crippen LogP contribution >= 0.6 is 0 Å². The first-order valence-corrected chi connectivity index (χ1v) is 13.6. The number of ether oxygens (including phenoxy) is 2. The second-order valence-electron chi connectivity index (χ2n) is 9.91. The van der Waals surface area contributed by atoms with Gasteiger partial charge in [0.2, 0.25) is 15.9 Å². The van der Waals surface area contributed by atoms with Gasteiger partial charge in [-0.1, -0.05) is 6.07 Å². The molecule has 39 heavy (non-hydrogen) atoms. The number of carbonyl (C=O) groups is 1. The van der Waals surface area contributed by atoms with Crippen molar-refractivity contribution in [3.05, 3.63) is 69.7 Å². The predicted molar refractivity (Wildman–Crippen MR) is 140 cm³/mol. The van der Waals surface area contributed by atoms with E-state index in [0.717, 1.165) is 11.6 Å². The summed E-state index contributed by atoms with van der Waals surface area (Å²) < 4.78 is 41.2. The second-order valence-corrected chi connectivity index (χ2v) is 11.8. The summed E-state index contributed by atoms with van der Waals surface area (Å²) in [6.45, 7) is 8.05. The van der Waals surface area contributed by atoms with Crippen molar-refractivity contribution in [1.29, 1.82) is 0 Å². The number of nitrogens with one attached hydrogen (secondary N) is 1. The number of amides is 1. The van der Waals surface area contributed by atoms with Crippen molar-refractivity contribution in [3.63, 3.8) is 0 Å². The molecular weight excluding hydrogens is 528 g/mol. The highest BCUT2D eigenvalue weighted by molar-refractivity contribution is 7.89. The normalized spacial score (nSPS) is 14.7. The molecule has 3 aromatic rings. The van der Waals surface area contributed by atoms with E-state index in [9.17, 15) is 23.3 Å². The van der Waals surface area contributed by atoms with Gasteiger partial charge in [0.05, 0.1) is 23.7 Å². The van der Waals surface area contributed by atoms with E-state index in [-0.39, 0.29) is 55.1 Å². The van der Waals surface area contributed by atoms with E-state index in [1.807, 2.05) is 26.8 Å². The number of rotatable bonds is 8. The van der Waals surface area contributed by atoms with Gasteiger partial charge in [-0.15, -0.1) is 0 Å².